The summed E-state index contributed by atoms with van der Waals surface area (Å²) < 4.78 is 0. The molecule has 0 aromatic heterocycles. The van der Waals surface area contributed by atoms with Crippen LogP contribution in [-0.4, -0.2) is 16.4 Å². The molecule has 0 aliphatic heterocycles. The molecule has 126 valence electrons. The summed E-state index contributed by atoms with van der Waals surface area (Å²) in [5.74, 6) is -0.379. The minimum Gasteiger partial charge on any atom is -0.337 e. The maximum absolute atomic E-state index is 12.4. The van der Waals surface area contributed by atoms with Gasteiger partial charge in [-0.2, -0.15) is 5.26 Å². The topological polar surface area (TPSA) is 96.0 Å². The Morgan fingerprint density at radius 1 is 1.20 bits per heavy atom. The van der Waals surface area contributed by atoms with E-state index in [1.54, 1.807) is 18.2 Å². The summed E-state index contributed by atoms with van der Waals surface area (Å²) in [6.07, 6.45) is 1.57. The molecule has 0 saturated heterocycles. The number of carbonyl (C=O) groups excluding carboxylic acids is 1. The zero-order chi connectivity index (χ0) is 17.9. The van der Waals surface area contributed by atoms with Crippen LogP contribution in [0.4, 0.5) is 5.69 Å². The van der Waals surface area contributed by atoms with Gasteiger partial charge in [-0.05, 0) is 24.0 Å². The van der Waals surface area contributed by atoms with Gasteiger partial charge in [0.2, 0.25) is 5.91 Å². The van der Waals surface area contributed by atoms with E-state index in [2.05, 4.69) is 11.4 Å². The lowest BCUT2D eigenvalue weighted by atomic mass is 9.78. The average molecular weight is 335 g/mol. The molecule has 1 aliphatic carbocycles. The minimum atomic E-state index is -0.963. The molecule has 0 spiro atoms. The first-order valence-corrected chi connectivity index (χ1v) is 8.04. The van der Waals surface area contributed by atoms with Crippen molar-refractivity contribution >= 4 is 11.6 Å². The summed E-state index contributed by atoms with van der Waals surface area (Å²) in [6.45, 7) is 0. The molecule has 0 fully saturated rings. The molecular weight excluding hydrogens is 318 g/mol. The van der Waals surface area contributed by atoms with E-state index in [-0.39, 0.29) is 18.0 Å². The van der Waals surface area contributed by atoms with Crippen LogP contribution >= 0.6 is 0 Å². The van der Waals surface area contributed by atoms with E-state index in [0.29, 0.717) is 18.4 Å². The van der Waals surface area contributed by atoms with Gasteiger partial charge in [-0.1, -0.05) is 42.5 Å². The number of nitrogens with one attached hydrogen (secondary N) is 1. The molecule has 1 N–H and O–H groups in total. The van der Waals surface area contributed by atoms with Gasteiger partial charge in [0.1, 0.15) is 5.54 Å². The van der Waals surface area contributed by atoms with E-state index in [9.17, 15) is 20.2 Å². The third-order valence-corrected chi connectivity index (χ3v) is 4.56. The molecular formula is C19H17N3O3. The van der Waals surface area contributed by atoms with Crippen molar-refractivity contribution in [3.8, 4) is 6.07 Å². The van der Waals surface area contributed by atoms with Crippen molar-refractivity contribution in [3.63, 3.8) is 0 Å². The summed E-state index contributed by atoms with van der Waals surface area (Å²) in [4.78, 5) is 23.0. The highest BCUT2D eigenvalue weighted by atomic mass is 16.6. The summed E-state index contributed by atoms with van der Waals surface area (Å²) in [6, 6.07) is 16.3. The Bertz CT molecular complexity index is 872. The molecule has 0 bridgehead atoms. The summed E-state index contributed by atoms with van der Waals surface area (Å²) in [5, 5.41) is 23.5. The molecule has 3 rings (SSSR count). The number of carbonyl (C=O) groups is 1. The molecule has 0 unspecified atom stereocenters. The fourth-order valence-corrected chi connectivity index (χ4v) is 3.29. The lowest BCUT2D eigenvalue weighted by Gasteiger charge is -2.33. The molecule has 0 radical (unpaired) electrons. The number of nitriles is 1. The molecule has 0 heterocycles. The van der Waals surface area contributed by atoms with E-state index in [1.807, 2.05) is 24.3 Å². The highest BCUT2D eigenvalue weighted by Gasteiger charge is 2.36. The van der Waals surface area contributed by atoms with Crippen molar-refractivity contribution in [3.05, 3.63) is 75.3 Å². The Balaban J connectivity index is 1.76. The number of nitrogens with zero attached hydrogens (tertiary/aromatic N) is 2. The maximum atomic E-state index is 12.4. The molecule has 1 amide bonds. The number of para-hydroxylation sites is 1. The minimum absolute atomic E-state index is 0.0855. The highest BCUT2D eigenvalue weighted by Crippen LogP contribution is 2.28. The number of rotatable bonds is 4. The fourth-order valence-electron chi connectivity index (χ4n) is 3.29. The number of hydrogen-bond donors (Lipinski definition) is 1. The molecule has 6 nitrogen and oxygen atoms in total. The van der Waals surface area contributed by atoms with E-state index >= 15 is 0 Å². The van der Waals surface area contributed by atoms with Crippen LogP contribution < -0.4 is 5.32 Å². The van der Waals surface area contributed by atoms with Gasteiger partial charge in [0.25, 0.3) is 5.69 Å². The zero-order valence-electron chi connectivity index (χ0n) is 13.6. The second kappa shape index (κ2) is 6.73. The van der Waals surface area contributed by atoms with Crippen LogP contribution in [-0.2, 0) is 24.1 Å². The fraction of sp³-hybridized carbons (Fsp3) is 0.263. The number of aryl methyl sites for hydroxylation is 1. The number of amides is 1. The largest absolute Gasteiger partial charge is 0.337 e. The van der Waals surface area contributed by atoms with Crippen LogP contribution in [0.1, 0.15) is 23.1 Å². The van der Waals surface area contributed by atoms with Gasteiger partial charge < -0.3 is 5.32 Å². The van der Waals surface area contributed by atoms with Crippen LogP contribution in [0.15, 0.2) is 48.5 Å². The first kappa shape index (κ1) is 16.7. The number of hydrogen-bond acceptors (Lipinski definition) is 4. The first-order valence-electron chi connectivity index (χ1n) is 8.04. The van der Waals surface area contributed by atoms with Crippen LogP contribution in [0.3, 0.4) is 0 Å². The number of nitro benzene ring substituents is 1. The van der Waals surface area contributed by atoms with Gasteiger partial charge in [-0.25, -0.2) is 0 Å². The van der Waals surface area contributed by atoms with Crippen molar-refractivity contribution in [2.24, 2.45) is 0 Å². The SMILES string of the molecule is N#C[C@]1(NC(=O)Cc2ccccc2[N+](=O)[O-])CCc2ccccc2C1. The van der Waals surface area contributed by atoms with E-state index in [4.69, 9.17) is 0 Å². The lowest BCUT2D eigenvalue weighted by Crippen LogP contribution is -2.51. The van der Waals surface area contributed by atoms with E-state index < -0.39 is 10.5 Å². The third-order valence-electron chi connectivity index (χ3n) is 4.56. The molecule has 1 aliphatic rings. The monoisotopic (exact) mass is 335 g/mol. The lowest BCUT2D eigenvalue weighted by molar-refractivity contribution is -0.385. The Labute approximate surface area is 145 Å². The van der Waals surface area contributed by atoms with Crippen molar-refractivity contribution in [1.82, 2.24) is 5.32 Å². The summed E-state index contributed by atoms with van der Waals surface area (Å²) in [7, 11) is 0. The van der Waals surface area contributed by atoms with Crippen molar-refractivity contribution < 1.29 is 9.72 Å². The average Bonchev–Trinajstić information content (AvgIpc) is 2.61. The van der Waals surface area contributed by atoms with Crippen molar-refractivity contribution in [2.45, 2.75) is 31.2 Å². The highest BCUT2D eigenvalue weighted by molar-refractivity contribution is 5.81. The Morgan fingerprint density at radius 3 is 2.60 bits per heavy atom. The van der Waals surface area contributed by atoms with Gasteiger partial charge in [-0.3, -0.25) is 14.9 Å². The number of benzene rings is 2. The molecule has 25 heavy (non-hydrogen) atoms. The third kappa shape index (κ3) is 3.50. The summed E-state index contributed by atoms with van der Waals surface area (Å²) >= 11 is 0. The standard InChI is InChI=1S/C19H17N3O3/c20-13-19(10-9-14-5-1-2-7-16(14)12-19)21-18(23)11-15-6-3-4-8-17(15)22(24)25/h1-8H,9-12H2,(H,21,23)/t19-/m0/s1. The molecule has 2 aromatic rings. The second-order valence-electron chi connectivity index (χ2n) is 6.25. The first-order chi connectivity index (χ1) is 12.0. The molecule has 2 aromatic carbocycles. The molecule has 0 saturated carbocycles. The van der Waals surface area contributed by atoms with Gasteiger partial charge >= 0.3 is 0 Å². The maximum Gasteiger partial charge on any atom is 0.273 e. The predicted octanol–water partition coefficient (Wildman–Crippen LogP) is 2.70. The normalized spacial score (nSPS) is 18.7. The zero-order valence-corrected chi connectivity index (χ0v) is 13.6. The Hall–Kier alpha value is -3.20. The van der Waals surface area contributed by atoms with Gasteiger partial charge in [0.15, 0.2) is 0 Å². The second-order valence-corrected chi connectivity index (χ2v) is 6.25. The van der Waals surface area contributed by atoms with Crippen LogP contribution in [0.2, 0.25) is 0 Å². The Kier molecular flexibility index (Phi) is 4.48. The molecule has 6 heteroatoms. The van der Waals surface area contributed by atoms with E-state index in [1.165, 1.54) is 11.6 Å². The van der Waals surface area contributed by atoms with E-state index in [0.717, 1.165) is 12.0 Å². The van der Waals surface area contributed by atoms with Crippen molar-refractivity contribution in [2.75, 3.05) is 0 Å². The van der Waals surface area contributed by atoms with Gasteiger partial charge in [0, 0.05) is 18.1 Å². The van der Waals surface area contributed by atoms with Crippen LogP contribution in [0, 0.1) is 21.4 Å². The molecule has 1 atom stereocenters. The van der Waals surface area contributed by atoms with Crippen LogP contribution in [0.25, 0.3) is 0 Å². The summed E-state index contributed by atoms with van der Waals surface area (Å²) in [5.41, 5.74) is 1.55. The smallest absolute Gasteiger partial charge is 0.273 e. The number of nitro groups is 1. The van der Waals surface area contributed by atoms with Gasteiger partial charge in [0.05, 0.1) is 17.4 Å². The van der Waals surface area contributed by atoms with Crippen molar-refractivity contribution in [1.29, 1.82) is 5.26 Å². The number of fused-ring (bicyclic) bond motifs is 1. The predicted molar refractivity (Wildman–Crippen MR) is 91.8 cm³/mol. The van der Waals surface area contributed by atoms with Crippen LogP contribution in [0.5, 0.6) is 0 Å². The van der Waals surface area contributed by atoms with Gasteiger partial charge in [-0.15, -0.1) is 0 Å². The Morgan fingerprint density at radius 2 is 1.88 bits per heavy atom. The quantitative estimate of drug-likeness (QED) is 0.686.